The molecule has 1 aromatic rings. The molecule has 0 aromatic heterocycles. The minimum atomic E-state index is -0.705. The molecule has 0 aliphatic carbocycles. The summed E-state index contributed by atoms with van der Waals surface area (Å²) < 4.78 is 6.27. The summed E-state index contributed by atoms with van der Waals surface area (Å²) in [6.45, 7) is 1.98. The standard InChI is InChI=1S/C12H14BrNO3/c1-17-11-4-10(13)3-2-8(11)5-14-6-9(7-14)12(15)16/h2-4,9H,5-7H2,1H3,(H,15,16). The fourth-order valence-electron chi connectivity index (χ4n) is 1.95. The number of carbonyl (C=O) groups is 1. The molecule has 17 heavy (non-hydrogen) atoms. The molecule has 4 nitrogen and oxygen atoms in total. The molecule has 0 amide bonds. The number of halogens is 1. The van der Waals surface area contributed by atoms with Gasteiger partial charge in [0, 0.05) is 29.7 Å². The monoisotopic (exact) mass is 299 g/mol. The molecule has 0 atom stereocenters. The van der Waals surface area contributed by atoms with Crippen molar-refractivity contribution in [3.05, 3.63) is 28.2 Å². The van der Waals surface area contributed by atoms with Gasteiger partial charge in [0.1, 0.15) is 5.75 Å². The van der Waals surface area contributed by atoms with E-state index in [1.54, 1.807) is 7.11 Å². The highest BCUT2D eigenvalue weighted by Crippen LogP contribution is 2.27. The second kappa shape index (κ2) is 5.06. The zero-order chi connectivity index (χ0) is 12.4. The Balaban J connectivity index is 1.98. The summed E-state index contributed by atoms with van der Waals surface area (Å²) >= 11 is 3.39. The minimum Gasteiger partial charge on any atom is -0.496 e. The van der Waals surface area contributed by atoms with Crippen molar-refractivity contribution >= 4 is 21.9 Å². The van der Waals surface area contributed by atoms with Crippen LogP contribution in [-0.2, 0) is 11.3 Å². The van der Waals surface area contributed by atoms with Crippen molar-refractivity contribution in [1.29, 1.82) is 0 Å². The van der Waals surface area contributed by atoms with Crippen molar-refractivity contribution in [3.8, 4) is 5.75 Å². The van der Waals surface area contributed by atoms with Crippen LogP contribution in [0.4, 0.5) is 0 Å². The molecule has 1 N–H and O–H groups in total. The van der Waals surface area contributed by atoms with Crippen LogP contribution in [0.15, 0.2) is 22.7 Å². The van der Waals surface area contributed by atoms with Crippen molar-refractivity contribution in [1.82, 2.24) is 4.90 Å². The topological polar surface area (TPSA) is 49.8 Å². The number of likely N-dealkylation sites (tertiary alicyclic amines) is 1. The van der Waals surface area contributed by atoms with Crippen LogP contribution in [0.5, 0.6) is 5.75 Å². The maximum Gasteiger partial charge on any atom is 0.309 e. The van der Waals surface area contributed by atoms with Crippen LogP contribution >= 0.6 is 15.9 Å². The highest BCUT2D eigenvalue weighted by Gasteiger charge is 2.32. The molecule has 1 saturated heterocycles. The maximum atomic E-state index is 10.7. The number of carboxylic acid groups (broad SMARTS) is 1. The van der Waals surface area contributed by atoms with Crippen molar-refractivity contribution in [2.75, 3.05) is 20.2 Å². The number of aliphatic carboxylic acids is 1. The van der Waals surface area contributed by atoms with Crippen molar-refractivity contribution in [3.63, 3.8) is 0 Å². The molecule has 0 unspecified atom stereocenters. The van der Waals surface area contributed by atoms with Gasteiger partial charge in [-0.25, -0.2) is 0 Å². The molecule has 0 bridgehead atoms. The third-order valence-corrected chi connectivity index (χ3v) is 3.44. The van der Waals surface area contributed by atoms with Gasteiger partial charge >= 0.3 is 5.97 Å². The number of hydrogen-bond acceptors (Lipinski definition) is 3. The van der Waals surface area contributed by atoms with Crippen LogP contribution in [-0.4, -0.2) is 36.2 Å². The molecule has 5 heteroatoms. The Hall–Kier alpha value is -1.07. The molecule has 1 heterocycles. The van der Waals surface area contributed by atoms with Crippen LogP contribution in [0, 0.1) is 5.92 Å². The van der Waals surface area contributed by atoms with Crippen LogP contribution in [0.1, 0.15) is 5.56 Å². The third kappa shape index (κ3) is 2.79. The Labute approximate surface area is 108 Å². The van der Waals surface area contributed by atoms with Gasteiger partial charge in [0.25, 0.3) is 0 Å². The molecule has 1 aliphatic heterocycles. The first-order valence-corrected chi connectivity index (χ1v) is 6.17. The third-order valence-electron chi connectivity index (χ3n) is 2.95. The Bertz CT molecular complexity index is 430. The summed E-state index contributed by atoms with van der Waals surface area (Å²) in [6, 6.07) is 5.88. The molecule has 2 rings (SSSR count). The second-order valence-electron chi connectivity index (χ2n) is 4.19. The molecular formula is C12H14BrNO3. The molecular weight excluding hydrogens is 286 g/mol. The lowest BCUT2D eigenvalue weighted by atomic mass is 9.99. The number of methoxy groups -OCH3 is 1. The summed E-state index contributed by atoms with van der Waals surface area (Å²) in [4.78, 5) is 12.8. The van der Waals surface area contributed by atoms with Gasteiger partial charge in [-0.3, -0.25) is 9.69 Å². The van der Waals surface area contributed by atoms with Crippen molar-refractivity contribution in [2.45, 2.75) is 6.54 Å². The largest absolute Gasteiger partial charge is 0.496 e. The van der Waals surface area contributed by atoms with Gasteiger partial charge < -0.3 is 9.84 Å². The molecule has 92 valence electrons. The molecule has 0 spiro atoms. The van der Waals surface area contributed by atoms with Crippen molar-refractivity contribution < 1.29 is 14.6 Å². The number of benzene rings is 1. The number of ether oxygens (including phenoxy) is 1. The molecule has 0 saturated carbocycles. The predicted octanol–water partition coefficient (Wildman–Crippen LogP) is 1.97. The zero-order valence-corrected chi connectivity index (χ0v) is 11.1. The van der Waals surface area contributed by atoms with Crippen LogP contribution < -0.4 is 4.74 Å². The number of rotatable bonds is 4. The fourth-order valence-corrected chi connectivity index (χ4v) is 2.29. The second-order valence-corrected chi connectivity index (χ2v) is 5.10. The number of carboxylic acids is 1. The summed E-state index contributed by atoms with van der Waals surface area (Å²) in [6.07, 6.45) is 0. The lowest BCUT2D eigenvalue weighted by Crippen LogP contribution is -2.49. The Morgan fingerprint density at radius 1 is 1.59 bits per heavy atom. The summed E-state index contributed by atoms with van der Waals surface area (Å²) in [5, 5.41) is 8.80. The SMILES string of the molecule is COc1cc(Br)ccc1CN1CC(C(=O)O)C1. The van der Waals surface area contributed by atoms with E-state index in [-0.39, 0.29) is 5.92 Å². The first-order valence-electron chi connectivity index (χ1n) is 5.37. The summed E-state index contributed by atoms with van der Waals surface area (Å²) in [5.41, 5.74) is 1.08. The van der Waals surface area contributed by atoms with E-state index < -0.39 is 5.97 Å². The van der Waals surface area contributed by atoms with E-state index in [2.05, 4.69) is 20.8 Å². The average molecular weight is 300 g/mol. The highest BCUT2D eigenvalue weighted by atomic mass is 79.9. The van der Waals surface area contributed by atoms with E-state index >= 15 is 0 Å². The van der Waals surface area contributed by atoms with Crippen molar-refractivity contribution in [2.24, 2.45) is 5.92 Å². The predicted molar refractivity (Wildman–Crippen MR) is 67.1 cm³/mol. The number of nitrogens with zero attached hydrogens (tertiary/aromatic N) is 1. The van der Waals surface area contributed by atoms with Gasteiger partial charge in [-0.2, -0.15) is 0 Å². The number of hydrogen-bond donors (Lipinski definition) is 1. The Morgan fingerprint density at radius 2 is 2.29 bits per heavy atom. The zero-order valence-electron chi connectivity index (χ0n) is 9.52. The van der Waals surface area contributed by atoms with E-state index in [4.69, 9.17) is 9.84 Å². The quantitative estimate of drug-likeness (QED) is 0.923. The van der Waals surface area contributed by atoms with Crippen LogP contribution in [0.2, 0.25) is 0 Å². The summed E-state index contributed by atoms with van der Waals surface area (Å²) in [7, 11) is 1.64. The fraction of sp³-hybridized carbons (Fsp3) is 0.417. The van der Waals surface area contributed by atoms with E-state index in [1.165, 1.54) is 0 Å². The molecule has 1 aromatic carbocycles. The molecule has 0 radical (unpaired) electrons. The van der Waals surface area contributed by atoms with Crippen LogP contribution in [0.3, 0.4) is 0 Å². The Kier molecular flexibility index (Phi) is 3.69. The van der Waals surface area contributed by atoms with E-state index in [0.717, 1.165) is 22.3 Å². The van der Waals surface area contributed by atoms with Gasteiger partial charge in [-0.05, 0) is 12.1 Å². The smallest absolute Gasteiger partial charge is 0.309 e. The van der Waals surface area contributed by atoms with Crippen LogP contribution in [0.25, 0.3) is 0 Å². The van der Waals surface area contributed by atoms with E-state index in [0.29, 0.717) is 13.1 Å². The van der Waals surface area contributed by atoms with E-state index in [1.807, 2.05) is 18.2 Å². The average Bonchev–Trinajstić information content (AvgIpc) is 2.23. The Morgan fingerprint density at radius 3 is 2.88 bits per heavy atom. The first-order chi connectivity index (χ1) is 8.10. The van der Waals surface area contributed by atoms with Gasteiger partial charge in [0.15, 0.2) is 0 Å². The van der Waals surface area contributed by atoms with Gasteiger partial charge in [0.05, 0.1) is 13.0 Å². The minimum absolute atomic E-state index is 0.212. The first kappa shape index (κ1) is 12.4. The highest BCUT2D eigenvalue weighted by molar-refractivity contribution is 9.10. The molecule has 1 aliphatic rings. The van der Waals surface area contributed by atoms with Gasteiger partial charge in [-0.1, -0.05) is 22.0 Å². The lowest BCUT2D eigenvalue weighted by molar-refractivity contribution is -0.147. The van der Waals surface area contributed by atoms with E-state index in [9.17, 15) is 4.79 Å². The normalized spacial score (nSPS) is 16.6. The maximum absolute atomic E-state index is 10.7. The summed E-state index contributed by atoms with van der Waals surface area (Å²) in [5.74, 6) is -0.0846. The molecule has 1 fully saturated rings. The lowest BCUT2D eigenvalue weighted by Gasteiger charge is -2.36. The van der Waals surface area contributed by atoms with Gasteiger partial charge in [0.2, 0.25) is 0 Å². The van der Waals surface area contributed by atoms with Gasteiger partial charge in [-0.15, -0.1) is 0 Å².